The normalized spacial score (nSPS) is 20.4. The number of hydrogen-bond acceptors (Lipinski definition) is 5. The summed E-state index contributed by atoms with van der Waals surface area (Å²) in [5, 5.41) is 10.1. The summed E-state index contributed by atoms with van der Waals surface area (Å²) in [5.74, 6) is 2.51. The van der Waals surface area contributed by atoms with Gasteiger partial charge in [-0.25, -0.2) is 0 Å². The number of anilines is 1. The van der Waals surface area contributed by atoms with E-state index in [0.717, 1.165) is 41.2 Å². The number of nitrogens with one attached hydrogen (secondary N) is 2. The number of methoxy groups -OCH3 is 1. The predicted octanol–water partition coefficient (Wildman–Crippen LogP) is 3.82. The summed E-state index contributed by atoms with van der Waals surface area (Å²) in [6.07, 6.45) is 4.95. The average molecular weight is 373 g/mol. The fourth-order valence-corrected chi connectivity index (χ4v) is 4.84. The number of aromatic amines is 1. The van der Waals surface area contributed by atoms with Crippen molar-refractivity contribution in [3.63, 3.8) is 0 Å². The number of fused-ring (bicyclic) bond motifs is 1. The second-order valence-corrected chi connectivity index (χ2v) is 7.88. The first-order chi connectivity index (χ1) is 12.7. The van der Waals surface area contributed by atoms with Gasteiger partial charge >= 0.3 is 0 Å². The maximum Gasteiger partial charge on any atom is 0.235 e. The first kappa shape index (κ1) is 17.3. The third-order valence-electron chi connectivity index (χ3n) is 4.98. The highest BCUT2D eigenvalue weighted by atomic mass is 32.2. The zero-order valence-electron chi connectivity index (χ0n) is 15.0. The molecule has 0 unspecified atom stereocenters. The Bertz CT molecular complexity index is 814. The lowest BCUT2D eigenvalue weighted by Gasteiger charge is -2.19. The molecule has 0 spiro atoms. The van der Waals surface area contributed by atoms with Gasteiger partial charge < -0.3 is 14.8 Å². The van der Waals surface area contributed by atoms with Gasteiger partial charge in [-0.15, -0.1) is 11.8 Å². The van der Waals surface area contributed by atoms with Crippen molar-refractivity contribution in [2.75, 3.05) is 18.2 Å². The maximum atomic E-state index is 12.0. The minimum absolute atomic E-state index is 0.0112. The molecule has 4 rings (SSSR count). The monoisotopic (exact) mass is 373 g/mol. The molecule has 1 amide bonds. The molecule has 1 atom stereocenters. The molecular formula is C19H23N3O3S. The number of hydrogen-bond donors (Lipinski definition) is 2. The zero-order chi connectivity index (χ0) is 18.1. The van der Waals surface area contributed by atoms with E-state index in [-0.39, 0.29) is 17.3 Å². The van der Waals surface area contributed by atoms with Crippen LogP contribution in [0, 0.1) is 6.92 Å². The van der Waals surface area contributed by atoms with Crippen molar-refractivity contribution in [2.45, 2.75) is 44.0 Å². The Balaban J connectivity index is 1.66. The SMILES string of the molecule is COc1cc([C@@H]2SCC(=O)Nc3n[nH]c(C)c32)ccc1OC1CCCC1. The number of amides is 1. The minimum Gasteiger partial charge on any atom is -0.493 e. The van der Waals surface area contributed by atoms with Crippen LogP contribution in [0.4, 0.5) is 5.82 Å². The summed E-state index contributed by atoms with van der Waals surface area (Å²) in [5.41, 5.74) is 3.06. The van der Waals surface area contributed by atoms with E-state index in [1.54, 1.807) is 18.9 Å². The molecule has 26 heavy (non-hydrogen) atoms. The lowest BCUT2D eigenvalue weighted by atomic mass is 10.0. The second kappa shape index (κ2) is 7.23. The molecule has 1 aromatic heterocycles. The first-order valence-corrected chi connectivity index (χ1v) is 10.0. The minimum atomic E-state index is -0.0293. The molecule has 1 aliphatic carbocycles. The Morgan fingerprint density at radius 1 is 1.23 bits per heavy atom. The van der Waals surface area contributed by atoms with E-state index in [2.05, 4.69) is 21.6 Å². The molecular weight excluding hydrogens is 350 g/mol. The Morgan fingerprint density at radius 3 is 2.81 bits per heavy atom. The summed E-state index contributed by atoms with van der Waals surface area (Å²) in [4.78, 5) is 12.0. The van der Waals surface area contributed by atoms with E-state index in [1.807, 2.05) is 19.1 Å². The van der Waals surface area contributed by atoms with Gasteiger partial charge in [0.25, 0.3) is 0 Å². The van der Waals surface area contributed by atoms with Crippen molar-refractivity contribution in [3.05, 3.63) is 35.0 Å². The van der Waals surface area contributed by atoms with Gasteiger partial charge in [0.05, 0.1) is 24.2 Å². The molecule has 0 radical (unpaired) electrons. The highest BCUT2D eigenvalue weighted by Gasteiger charge is 2.29. The Kier molecular flexibility index (Phi) is 4.80. The van der Waals surface area contributed by atoms with Gasteiger partial charge in [0.2, 0.25) is 5.91 Å². The molecule has 7 heteroatoms. The topological polar surface area (TPSA) is 76.2 Å². The highest BCUT2D eigenvalue weighted by molar-refractivity contribution is 8.00. The van der Waals surface area contributed by atoms with Gasteiger partial charge in [0.15, 0.2) is 17.3 Å². The maximum absolute atomic E-state index is 12.0. The number of aryl methyl sites for hydroxylation is 1. The third kappa shape index (κ3) is 3.28. The Morgan fingerprint density at radius 2 is 2.04 bits per heavy atom. The van der Waals surface area contributed by atoms with Crippen LogP contribution in [0.1, 0.15) is 47.8 Å². The number of benzene rings is 1. The lowest BCUT2D eigenvalue weighted by Crippen LogP contribution is -2.12. The number of ether oxygens (including phenoxy) is 2. The molecule has 2 heterocycles. The van der Waals surface area contributed by atoms with Crippen LogP contribution >= 0.6 is 11.8 Å². The van der Waals surface area contributed by atoms with Crippen LogP contribution in [-0.4, -0.2) is 35.1 Å². The van der Waals surface area contributed by atoms with Crippen LogP contribution in [0.15, 0.2) is 18.2 Å². The van der Waals surface area contributed by atoms with Crippen molar-refractivity contribution < 1.29 is 14.3 Å². The van der Waals surface area contributed by atoms with Crippen molar-refractivity contribution in [2.24, 2.45) is 0 Å². The van der Waals surface area contributed by atoms with Crippen LogP contribution in [0.5, 0.6) is 11.5 Å². The molecule has 138 valence electrons. The summed E-state index contributed by atoms with van der Waals surface area (Å²) >= 11 is 1.60. The van der Waals surface area contributed by atoms with E-state index in [4.69, 9.17) is 9.47 Å². The summed E-state index contributed by atoms with van der Waals surface area (Å²) < 4.78 is 11.7. The third-order valence-corrected chi connectivity index (χ3v) is 6.25. The number of H-pyrrole nitrogens is 1. The van der Waals surface area contributed by atoms with Crippen LogP contribution in [0.3, 0.4) is 0 Å². The van der Waals surface area contributed by atoms with Gasteiger partial charge in [-0.1, -0.05) is 6.07 Å². The molecule has 1 fully saturated rings. The molecule has 1 saturated carbocycles. The van der Waals surface area contributed by atoms with Gasteiger partial charge in [0.1, 0.15) is 0 Å². The summed E-state index contributed by atoms with van der Waals surface area (Å²) in [7, 11) is 1.67. The number of nitrogens with zero attached hydrogens (tertiary/aromatic N) is 1. The largest absolute Gasteiger partial charge is 0.493 e. The van der Waals surface area contributed by atoms with E-state index in [9.17, 15) is 4.79 Å². The van der Waals surface area contributed by atoms with Gasteiger partial charge in [0, 0.05) is 11.3 Å². The number of rotatable bonds is 4. The molecule has 6 nitrogen and oxygen atoms in total. The smallest absolute Gasteiger partial charge is 0.235 e. The molecule has 2 aliphatic rings. The number of carbonyl (C=O) groups is 1. The summed E-state index contributed by atoms with van der Waals surface area (Å²) in [6.45, 7) is 1.98. The van der Waals surface area contributed by atoms with Crippen molar-refractivity contribution in [1.29, 1.82) is 0 Å². The average Bonchev–Trinajstić information content (AvgIpc) is 3.23. The van der Waals surface area contributed by atoms with E-state index in [1.165, 1.54) is 12.8 Å². The Hall–Kier alpha value is -2.15. The molecule has 1 aliphatic heterocycles. The second-order valence-electron chi connectivity index (χ2n) is 6.78. The number of thioether (sulfide) groups is 1. The standard InChI is InChI=1S/C19H23N3O3S/c1-11-17-18(26-10-16(23)20-19(17)22-21-11)12-7-8-14(15(9-12)24-2)25-13-5-3-4-6-13/h7-9,13,18H,3-6,10H2,1-2H3,(H2,20,21,22,23)/t18-/m0/s1. The predicted molar refractivity (Wildman–Crippen MR) is 102 cm³/mol. The number of aromatic nitrogens is 2. The summed E-state index contributed by atoms with van der Waals surface area (Å²) in [6, 6.07) is 6.08. The van der Waals surface area contributed by atoms with Gasteiger partial charge in [-0.3, -0.25) is 9.89 Å². The van der Waals surface area contributed by atoms with Crippen molar-refractivity contribution >= 4 is 23.5 Å². The first-order valence-electron chi connectivity index (χ1n) is 8.96. The lowest BCUT2D eigenvalue weighted by molar-refractivity contribution is -0.113. The van der Waals surface area contributed by atoms with Crippen LogP contribution < -0.4 is 14.8 Å². The highest BCUT2D eigenvalue weighted by Crippen LogP contribution is 2.44. The molecule has 1 aromatic carbocycles. The fourth-order valence-electron chi connectivity index (χ4n) is 3.66. The van der Waals surface area contributed by atoms with Crippen molar-refractivity contribution in [3.8, 4) is 11.5 Å². The van der Waals surface area contributed by atoms with Gasteiger partial charge in [-0.2, -0.15) is 5.10 Å². The molecule has 0 bridgehead atoms. The van der Waals surface area contributed by atoms with E-state index >= 15 is 0 Å². The molecule has 2 aromatic rings. The van der Waals surface area contributed by atoms with E-state index < -0.39 is 0 Å². The van der Waals surface area contributed by atoms with Crippen molar-refractivity contribution in [1.82, 2.24) is 10.2 Å². The van der Waals surface area contributed by atoms with Crippen LogP contribution in [-0.2, 0) is 4.79 Å². The quantitative estimate of drug-likeness (QED) is 0.852. The Labute approximate surface area is 157 Å². The molecule has 2 N–H and O–H groups in total. The van der Waals surface area contributed by atoms with Crippen LogP contribution in [0.25, 0.3) is 0 Å². The van der Waals surface area contributed by atoms with Crippen LogP contribution in [0.2, 0.25) is 0 Å². The zero-order valence-corrected chi connectivity index (χ0v) is 15.8. The number of carbonyl (C=O) groups excluding carboxylic acids is 1. The fraction of sp³-hybridized carbons (Fsp3) is 0.474. The van der Waals surface area contributed by atoms with E-state index in [0.29, 0.717) is 11.6 Å². The van der Waals surface area contributed by atoms with Gasteiger partial charge in [-0.05, 0) is 50.3 Å². The molecule has 0 saturated heterocycles.